The lowest BCUT2D eigenvalue weighted by Gasteiger charge is -2.04. The Morgan fingerprint density at radius 2 is 2.12 bits per heavy atom. The molecule has 1 amide bonds. The predicted molar refractivity (Wildman–Crippen MR) is 60.9 cm³/mol. The smallest absolute Gasteiger partial charge is 0.279 e. The first kappa shape index (κ1) is 11.3. The van der Waals surface area contributed by atoms with Gasteiger partial charge >= 0.3 is 0 Å². The number of aromatic hydroxyl groups is 1. The summed E-state index contributed by atoms with van der Waals surface area (Å²) in [5.74, 6) is -0.545. The molecule has 6 nitrogen and oxygen atoms in total. The quantitative estimate of drug-likeness (QED) is 0.843. The molecule has 2 aromatic heterocycles. The molecule has 2 N–H and O–H groups in total. The van der Waals surface area contributed by atoms with Crippen LogP contribution in [-0.4, -0.2) is 26.2 Å². The summed E-state index contributed by atoms with van der Waals surface area (Å²) in [6.45, 7) is 0. The molecular weight excluding hydrogens is 244 g/mol. The Morgan fingerprint density at radius 3 is 2.76 bits per heavy atom. The largest absolute Gasteiger partial charge is 0.505 e. The zero-order valence-electron chi connectivity index (χ0n) is 8.46. The summed E-state index contributed by atoms with van der Waals surface area (Å²) >= 11 is 5.55. The maximum Gasteiger partial charge on any atom is 0.279 e. The number of amides is 1. The van der Waals surface area contributed by atoms with E-state index in [2.05, 4.69) is 20.5 Å². The molecule has 7 heteroatoms. The van der Waals surface area contributed by atoms with Crippen LogP contribution >= 0.6 is 11.6 Å². The molecule has 2 rings (SSSR count). The van der Waals surface area contributed by atoms with Crippen molar-refractivity contribution in [1.82, 2.24) is 15.2 Å². The van der Waals surface area contributed by atoms with Crippen molar-refractivity contribution in [2.45, 2.75) is 0 Å². The molecule has 0 saturated carbocycles. The minimum absolute atomic E-state index is 0.0794. The van der Waals surface area contributed by atoms with Gasteiger partial charge in [0.2, 0.25) is 0 Å². The van der Waals surface area contributed by atoms with Crippen molar-refractivity contribution in [2.24, 2.45) is 0 Å². The standard InChI is InChI=1S/C10H7ClN4O2/c11-7-3-4-8(15-14-7)13-10(17)9-6(16)2-1-5-12-9/h1-5,16H,(H,13,15,17). The van der Waals surface area contributed by atoms with Crippen LogP contribution in [0.1, 0.15) is 10.5 Å². The van der Waals surface area contributed by atoms with Crippen LogP contribution in [0.5, 0.6) is 5.75 Å². The number of aromatic nitrogens is 3. The summed E-state index contributed by atoms with van der Waals surface area (Å²) in [5.41, 5.74) is -0.0794. The molecule has 0 fully saturated rings. The van der Waals surface area contributed by atoms with E-state index in [0.29, 0.717) is 0 Å². The number of rotatable bonds is 2. The van der Waals surface area contributed by atoms with Gasteiger partial charge in [-0.2, -0.15) is 0 Å². The van der Waals surface area contributed by atoms with Gasteiger partial charge in [-0.05, 0) is 24.3 Å². The topological polar surface area (TPSA) is 88.0 Å². The molecule has 0 aromatic carbocycles. The van der Waals surface area contributed by atoms with Crippen molar-refractivity contribution < 1.29 is 9.90 Å². The first-order valence-corrected chi connectivity index (χ1v) is 4.99. The Morgan fingerprint density at radius 1 is 1.29 bits per heavy atom. The molecule has 0 bridgehead atoms. The number of carbonyl (C=O) groups excluding carboxylic acids is 1. The maximum atomic E-state index is 11.7. The highest BCUT2D eigenvalue weighted by Crippen LogP contribution is 2.14. The lowest BCUT2D eigenvalue weighted by atomic mass is 10.3. The average Bonchev–Trinajstić information content (AvgIpc) is 2.32. The van der Waals surface area contributed by atoms with Gasteiger partial charge in [-0.25, -0.2) is 4.98 Å². The SMILES string of the molecule is O=C(Nc1ccc(Cl)nn1)c1ncccc1O. The number of hydrogen-bond acceptors (Lipinski definition) is 5. The van der Waals surface area contributed by atoms with Crippen LogP contribution in [0.2, 0.25) is 5.15 Å². The van der Waals surface area contributed by atoms with E-state index in [1.807, 2.05) is 0 Å². The molecule has 0 saturated heterocycles. The van der Waals surface area contributed by atoms with E-state index < -0.39 is 5.91 Å². The van der Waals surface area contributed by atoms with Gasteiger partial charge < -0.3 is 10.4 Å². The van der Waals surface area contributed by atoms with Crippen molar-refractivity contribution in [2.75, 3.05) is 5.32 Å². The van der Waals surface area contributed by atoms with E-state index >= 15 is 0 Å². The molecule has 0 atom stereocenters. The van der Waals surface area contributed by atoms with E-state index in [-0.39, 0.29) is 22.4 Å². The molecule has 0 aliphatic carbocycles. The molecule has 17 heavy (non-hydrogen) atoms. The highest BCUT2D eigenvalue weighted by atomic mass is 35.5. The van der Waals surface area contributed by atoms with Crippen molar-refractivity contribution in [3.63, 3.8) is 0 Å². The van der Waals surface area contributed by atoms with Crippen molar-refractivity contribution >= 4 is 23.3 Å². The highest BCUT2D eigenvalue weighted by Gasteiger charge is 2.12. The van der Waals surface area contributed by atoms with E-state index in [1.165, 1.54) is 30.5 Å². The van der Waals surface area contributed by atoms with Crippen molar-refractivity contribution in [1.29, 1.82) is 0 Å². The Kier molecular flexibility index (Phi) is 3.15. The second-order valence-corrected chi connectivity index (χ2v) is 3.45. The van der Waals surface area contributed by atoms with Crippen LogP contribution in [0.25, 0.3) is 0 Å². The van der Waals surface area contributed by atoms with Crippen LogP contribution in [-0.2, 0) is 0 Å². The first-order chi connectivity index (χ1) is 8.16. The molecule has 0 aliphatic rings. The highest BCUT2D eigenvalue weighted by molar-refractivity contribution is 6.29. The van der Waals surface area contributed by atoms with Gasteiger partial charge in [0.25, 0.3) is 5.91 Å². The molecule has 2 aromatic rings. The van der Waals surface area contributed by atoms with E-state index in [9.17, 15) is 9.90 Å². The second-order valence-electron chi connectivity index (χ2n) is 3.07. The van der Waals surface area contributed by atoms with Gasteiger partial charge in [0.05, 0.1) is 0 Å². The summed E-state index contributed by atoms with van der Waals surface area (Å²) in [6, 6.07) is 5.87. The number of hydrogen-bond donors (Lipinski definition) is 2. The third-order valence-corrected chi connectivity index (χ3v) is 2.08. The molecule has 0 spiro atoms. The Labute approximate surface area is 101 Å². The summed E-state index contributed by atoms with van der Waals surface area (Å²) in [5, 5.41) is 19.3. The minimum atomic E-state index is -0.570. The summed E-state index contributed by atoms with van der Waals surface area (Å²) in [6.07, 6.45) is 1.40. The van der Waals surface area contributed by atoms with Crippen molar-refractivity contribution in [3.05, 3.63) is 41.3 Å². The Balaban J connectivity index is 2.17. The number of carbonyl (C=O) groups is 1. The first-order valence-electron chi connectivity index (χ1n) is 4.61. The van der Waals surface area contributed by atoms with Gasteiger partial charge in [0.1, 0.15) is 5.75 Å². The lowest BCUT2D eigenvalue weighted by molar-refractivity contribution is 0.101. The molecule has 0 unspecified atom stereocenters. The second kappa shape index (κ2) is 4.75. The summed E-state index contributed by atoms with van der Waals surface area (Å²) < 4.78 is 0. The Bertz CT molecular complexity index is 544. The number of nitrogens with zero attached hydrogens (tertiary/aromatic N) is 3. The van der Waals surface area contributed by atoms with Crippen LogP contribution in [0, 0.1) is 0 Å². The molecule has 0 aliphatic heterocycles. The lowest BCUT2D eigenvalue weighted by Crippen LogP contribution is -2.14. The van der Waals surface area contributed by atoms with Crippen LogP contribution < -0.4 is 5.32 Å². The van der Waals surface area contributed by atoms with Crippen molar-refractivity contribution in [3.8, 4) is 5.75 Å². The minimum Gasteiger partial charge on any atom is -0.505 e. The van der Waals surface area contributed by atoms with Crippen LogP contribution in [0.4, 0.5) is 5.82 Å². The van der Waals surface area contributed by atoms with E-state index in [1.54, 1.807) is 0 Å². The summed E-state index contributed by atoms with van der Waals surface area (Å²) in [7, 11) is 0. The fraction of sp³-hybridized carbons (Fsp3) is 0. The van der Waals surface area contributed by atoms with Gasteiger partial charge in [-0.15, -0.1) is 10.2 Å². The normalized spacial score (nSPS) is 9.94. The molecule has 2 heterocycles. The number of anilines is 1. The monoisotopic (exact) mass is 250 g/mol. The predicted octanol–water partition coefficient (Wildman–Crippen LogP) is 1.48. The molecule has 0 radical (unpaired) electrons. The third-order valence-electron chi connectivity index (χ3n) is 1.88. The fourth-order valence-corrected chi connectivity index (χ4v) is 1.23. The molecule has 86 valence electrons. The zero-order valence-corrected chi connectivity index (χ0v) is 9.22. The van der Waals surface area contributed by atoms with Gasteiger partial charge in [0, 0.05) is 6.20 Å². The van der Waals surface area contributed by atoms with Gasteiger partial charge in [-0.3, -0.25) is 4.79 Å². The Hall–Kier alpha value is -2.21. The number of pyridine rings is 1. The average molecular weight is 251 g/mol. The van der Waals surface area contributed by atoms with E-state index in [0.717, 1.165) is 0 Å². The molecular formula is C10H7ClN4O2. The number of halogens is 1. The van der Waals surface area contributed by atoms with Crippen LogP contribution in [0.15, 0.2) is 30.5 Å². The number of nitrogens with one attached hydrogen (secondary N) is 1. The van der Waals surface area contributed by atoms with Crippen LogP contribution in [0.3, 0.4) is 0 Å². The van der Waals surface area contributed by atoms with Gasteiger partial charge in [-0.1, -0.05) is 11.6 Å². The zero-order chi connectivity index (χ0) is 12.3. The third kappa shape index (κ3) is 2.67. The van der Waals surface area contributed by atoms with E-state index in [4.69, 9.17) is 11.6 Å². The fourth-order valence-electron chi connectivity index (χ4n) is 1.13. The van der Waals surface area contributed by atoms with Gasteiger partial charge in [0.15, 0.2) is 16.7 Å². The maximum absolute atomic E-state index is 11.7. The summed E-state index contributed by atoms with van der Waals surface area (Å²) in [4.78, 5) is 15.4.